The molecular formula is C34H42N6O3. The summed E-state index contributed by atoms with van der Waals surface area (Å²) in [6, 6.07) is 14.5. The minimum Gasteiger partial charge on any atom is -0.461 e. The van der Waals surface area contributed by atoms with Crippen LogP contribution < -0.4 is 15.1 Å². The second-order valence-corrected chi connectivity index (χ2v) is 11.8. The molecule has 2 saturated heterocycles. The van der Waals surface area contributed by atoms with E-state index in [-0.39, 0.29) is 18.2 Å². The van der Waals surface area contributed by atoms with Crippen molar-refractivity contribution < 1.29 is 14.3 Å². The second-order valence-electron chi connectivity index (χ2n) is 11.8. The van der Waals surface area contributed by atoms with E-state index >= 15 is 0 Å². The van der Waals surface area contributed by atoms with E-state index in [0.29, 0.717) is 17.6 Å². The maximum Gasteiger partial charge on any atom is 0.357 e. The first-order chi connectivity index (χ1) is 21.0. The minimum atomic E-state index is -0.483. The third-order valence-corrected chi connectivity index (χ3v) is 9.03. The number of hydrogen-bond acceptors (Lipinski definition) is 9. The highest BCUT2D eigenvalue weighted by Gasteiger charge is 2.30. The van der Waals surface area contributed by atoms with Gasteiger partial charge in [0, 0.05) is 79.7 Å². The van der Waals surface area contributed by atoms with Crippen LogP contribution in [0, 0.1) is 11.3 Å². The van der Waals surface area contributed by atoms with Crippen LogP contribution in [0.2, 0.25) is 0 Å². The van der Waals surface area contributed by atoms with Gasteiger partial charge in [-0.25, -0.2) is 14.8 Å². The van der Waals surface area contributed by atoms with Gasteiger partial charge in [-0.3, -0.25) is 0 Å². The highest BCUT2D eigenvalue weighted by Crippen LogP contribution is 2.38. The summed E-state index contributed by atoms with van der Waals surface area (Å²) in [5.74, 6) is 1.07. The summed E-state index contributed by atoms with van der Waals surface area (Å²) in [6.07, 6.45) is 9.28. The number of anilines is 4. The largest absolute Gasteiger partial charge is 0.461 e. The minimum absolute atomic E-state index is 0.164. The Labute approximate surface area is 254 Å². The molecule has 0 unspecified atom stereocenters. The molecule has 6 rings (SSSR count). The topological polar surface area (TPSA) is 104 Å². The summed E-state index contributed by atoms with van der Waals surface area (Å²) in [6.45, 7) is 5.68. The predicted octanol–water partition coefficient (Wildman–Crippen LogP) is 6.45. The number of aromatic nitrogens is 2. The lowest BCUT2D eigenvalue weighted by Crippen LogP contribution is -2.37. The number of rotatable bonds is 10. The van der Waals surface area contributed by atoms with Crippen molar-refractivity contribution in [1.29, 1.82) is 5.41 Å². The van der Waals surface area contributed by atoms with Crippen LogP contribution in [0.1, 0.15) is 67.9 Å². The molecule has 0 amide bonds. The first-order valence-corrected chi connectivity index (χ1v) is 15.7. The Morgan fingerprint density at radius 3 is 2.56 bits per heavy atom. The van der Waals surface area contributed by atoms with E-state index in [4.69, 9.17) is 19.4 Å². The van der Waals surface area contributed by atoms with Gasteiger partial charge in [-0.05, 0) is 87.4 Å². The molecule has 0 radical (unpaired) electrons. The molecule has 3 aliphatic rings. The van der Waals surface area contributed by atoms with Gasteiger partial charge in [0.1, 0.15) is 11.6 Å². The highest BCUT2D eigenvalue weighted by atomic mass is 16.5. The van der Waals surface area contributed by atoms with Gasteiger partial charge in [-0.1, -0.05) is 12.5 Å². The zero-order valence-electron chi connectivity index (χ0n) is 25.3. The fraction of sp³-hybridized carbons (Fsp3) is 0.471. The zero-order chi connectivity index (χ0) is 29.8. The van der Waals surface area contributed by atoms with Crippen LogP contribution in [0.25, 0.3) is 11.1 Å². The highest BCUT2D eigenvalue weighted by molar-refractivity contribution is 6.11. The van der Waals surface area contributed by atoms with Crippen LogP contribution >= 0.6 is 0 Å². The molecule has 0 spiro atoms. The molecule has 43 heavy (non-hydrogen) atoms. The Bertz CT molecular complexity index is 1440. The van der Waals surface area contributed by atoms with Crippen molar-refractivity contribution in [2.24, 2.45) is 5.92 Å². The van der Waals surface area contributed by atoms with Crippen molar-refractivity contribution in [2.75, 3.05) is 55.1 Å². The SMILES string of the molecule is CCOC(=O)c1cc(-c2ccc(N(C)C3CCOCC3)nc2)c(C(=N)C2CCC2)c(Nc2cccc(N3CCCC3)c2)n1. The number of esters is 1. The lowest BCUT2D eigenvalue weighted by Gasteiger charge is -2.32. The number of pyridine rings is 2. The summed E-state index contributed by atoms with van der Waals surface area (Å²) >= 11 is 0. The molecule has 1 saturated carbocycles. The summed E-state index contributed by atoms with van der Waals surface area (Å²) in [5, 5.41) is 12.8. The molecule has 1 aromatic carbocycles. The van der Waals surface area contributed by atoms with Gasteiger partial charge >= 0.3 is 5.97 Å². The third-order valence-electron chi connectivity index (χ3n) is 9.03. The Kier molecular flexibility index (Phi) is 8.88. The van der Waals surface area contributed by atoms with Crippen molar-refractivity contribution in [3.63, 3.8) is 0 Å². The van der Waals surface area contributed by atoms with Crippen LogP contribution in [0.15, 0.2) is 48.7 Å². The molecule has 2 aliphatic heterocycles. The molecule has 9 nitrogen and oxygen atoms in total. The van der Waals surface area contributed by atoms with Gasteiger partial charge in [-0.2, -0.15) is 0 Å². The average molecular weight is 583 g/mol. The van der Waals surface area contributed by atoms with Crippen LogP contribution in [0.3, 0.4) is 0 Å². The summed E-state index contributed by atoms with van der Waals surface area (Å²) in [5.41, 5.74) is 5.11. The summed E-state index contributed by atoms with van der Waals surface area (Å²) in [4.78, 5) is 27.3. The van der Waals surface area contributed by atoms with Gasteiger partial charge in [0.15, 0.2) is 5.69 Å². The molecule has 1 aliphatic carbocycles. The lowest BCUT2D eigenvalue weighted by atomic mass is 9.78. The Hall–Kier alpha value is -3.98. The fourth-order valence-electron chi connectivity index (χ4n) is 6.25. The quantitative estimate of drug-likeness (QED) is 0.208. The molecule has 2 N–H and O–H groups in total. The van der Waals surface area contributed by atoms with Crippen molar-refractivity contribution in [3.05, 3.63) is 59.9 Å². The first-order valence-electron chi connectivity index (χ1n) is 15.7. The number of hydrogen-bond donors (Lipinski definition) is 2. The third kappa shape index (κ3) is 6.37. The predicted molar refractivity (Wildman–Crippen MR) is 171 cm³/mol. The number of nitrogens with one attached hydrogen (secondary N) is 2. The van der Waals surface area contributed by atoms with E-state index in [9.17, 15) is 10.2 Å². The normalized spacial score (nSPS) is 17.4. The fourth-order valence-corrected chi connectivity index (χ4v) is 6.25. The molecule has 9 heteroatoms. The molecule has 226 valence electrons. The number of ether oxygens (including phenoxy) is 2. The molecule has 3 aromatic rings. The van der Waals surface area contributed by atoms with E-state index < -0.39 is 5.97 Å². The van der Waals surface area contributed by atoms with Crippen molar-refractivity contribution in [2.45, 2.75) is 57.9 Å². The molecule has 0 bridgehead atoms. The van der Waals surface area contributed by atoms with Crippen LogP contribution in [-0.2, 0) is 9.47 Å². The molecule has 0 atom stereocenters. The van der Waals surface area contributed by atoms with Crippen LogP contribution in [-0.4, -0.2) is 67.6 Å². The lowest BCUT2D eigenvalue weighted by molar-refractivity contribution is 0.0519. The van der Waals surface area contributed by atoms with Gasteiger partial charge < -0.3 is 30.0 Å². The number of carbonyl (C=O) groups is 1. The number of benzene rings is 1. The van der Waals surface area contributed by atoms with Gasteiger partial charge in [-0.15, -0.1) is 0 Å². The molecule has 3 fully saturated rings. The van der Waals surface area contributed by atoms with Crippen molar-refractivity contribution in [3.8, 4) is 11.1 Å². The van der Waals surface area contributed by atoms with E-state index in [1.807, 2.05) is 30.5 Å². The maximum absolute atomic E-state index is 13.1. The number of nitrogens with zero attached hydrogens (tertiary/aromatic N) is 4. The van der Waals surface area contributed by atoms with Crippen LogP contribution in [0.5, 0.6) is 0 Å². The summed E-state index contributed by atoms with van der Waals surface area (Å²) in [7, 11) is 2.08. The van der Waals surface area contributed by atoms with Gasteiger partial charge in [0.05, 0.1) is 6.61 Å². The Morgan fingerprint density at radius 1 is 1.09 bits per heavy atom. The van der Waals surface area contributed by atoms with Crippen LogP contribution in [0.4, 0.5) is 23.0 Å². The Morgan fingerprint density at radius 2 is 1.88 bits per heavy atom. The van der Waals surface area contributed by atoms with E-state index in [1.54, 1.807) is 13.0 Å². The second kappa shape index (κ2) is 13.1. The van der Waals surface area contributed by atoms with Crippen molar-refractivity contribution >= 4 is 34.7 Å². The standard InChI is InChI=1S/C34H42N6O3/c1-3-43-34(41)29-21-28(24-12-13-30(36-22-24)39(2)26-14-18-42-19-15-26)31(32(35)23-8-6-9-23)33(38-29)37-25-10-7-11-27(20-25)40-16-4-5-17-40/h7,10-13,20-23,26,35H,3-6,8-9,14-19H2,1-2H3,(H,37,38). The Balaban J connectivity index is 1.41. The smallest absolute Gasteiger partial charge is 0.357 e. The maximum atomic E-state index is 13.1. The van der Waals surface area contributed by atoms with Gasteiger partial charge in [0.2, 0.25) is 0 Å². The van der Waals surface area contributed by atoms with E-state index in [0.717, 1.165) is 92.3 Å². The van der Waals surface area contributed by atoms with Gasteiger partial charge in [0.25, 0.3) is 0 Å². The van der Waals surface area contributed by atoms with E-state index in [2.05, 4.69) is 34.3 Å². The molecule has 2 aromatic heterocycles. The zero-order valence-corrected chi connectivity index (χ0v) is 25.3. The molecular weight excluding hydrogens is 540 g/mol. The first kappa shape index (κ1) is 29.1. The van der Waals surface area contributed by atoms with Crippen molar-refractivity contribution in [1.82, 2.24) is 9.97 Å². The average Bonchev–Trinajstić information content (AvgIpc) is 3.56. The van der Waals surface area contributed by atoms with E-state index in [1.165, 1.54) is 12.8 Å². The summed E-state index contributed by atoms with van der Waals surface area (Å²) < 4.78 is 10.9. The molecule has 4 heterocycles. The monoisotopic (exact) mass is 582 g/mol. The number of carbonyl (C=O) groups excluding carboxylic acids is 1.